The van der Waals surface area contributed by atoms with Crippen molar-refractivity contribution in [3.63, 3.8) is 0 Å². The average molecular weight is 628 g/mol. The smallest absolute Gasteiger partial charge is 0.407 e. The lowest BCUT2D eigenvalue weighted by Crippen LogP contribution is -2.33. The second-order valence-electron chi connectivity index (χ2n) is 11.1. The van der Waals surface area contributed by atoms with Gasteiger partial charge in [-0.2, -0.15) is 16.9 Å². The van der Waals surface area contributed by atoms with Crippen molar-refractivity contribution in [3.8, 4) is 23.6 Å². The van der Waals surface area contributed by atoms with Gasteiger partial charge in [0, 0.05) is 66.2 Å². The Morgan fingerprint density at radius 2 is 1.84 bits per heavy atom. The molecular formula is C35H41N5O4S. The first-order chi connectivity index (χ1) is 21.5. The molecule has 3 aromatic rings. The van der Waals surface area contributed by atoms with Crippen LogP contribution in [-0.4, -0.2) is 58.8 Å². The minimum Gasteiger partial charge on any atom is -0.444 e. The molecule has 10 heteroatoms. The number of aldehydes is 1. The number of anilines is 2. The molecule has 0 unspecified atom stereocenters. The van der Waals surface area contributed by atoms with Crippen LogP contribution in [0.25, 0.3) is 11.3 Å². The SMILES string of the molecule is C#Cc1cccc(C=O)c1.CNc1cc(-c2ccc(NC(=O)C3=CCCC=C3CSCCNC(=O)OC(C)(C)C)cc2)nn1C. The third kappa shape index (κ3) is 11.4. The second kappa shape index (κ2) is 16.9. The summed E-state index contributed by atoms with van der Waals surface area (Å²) in [5, 5.41) is 13.4. The summed E-state index contributed by atoms with van der Waals surface area (Å²) in [4.78, 5) is 35.0. The van der Waals surface area contributed by atoms with E-state index in [1.807, 2.05) is 71.3 Å². The van der Waals surface area contributed by atoms with E-state index in [4.69, 9.17) is 11.2 Å². The van der Waals surface area contributed by atoms with Crippen LogP contribution in [0.4, 0.5) is 16.3 Å². The molecule has 0 saturated carbocycles. The van der Waals surface area contributed by atoms with Crippen LogP contribution in [0.3, 0.4) is 0 Å². The highest BCUT2D eigenvalue weighted by Gasteiger charge is 2.18. The maximum absolute atomic E-state index is 13.0. The van der Waals surface area contributed by atoms with E-state index in [1.165, 1.54) is 0 Å². The number of aryl methyl sites for hydroxylation is 1. The predicted octanol–water partition coefficient (Wildman–Crippen LogP) is 6.45. The lowest BCUT2D eigenvalue weighted by Gasteiger charge is -2.19. The third-order valence-corrected chi connectivity index (χ3v) is 7.44. The molecule has 9 nitrogen and oxygen atoms in total. The maximum Gasteiger partial charge on any atom is 0.407 e. The first-order valence-electron chi connectivity index (χ1n) is 14.6. The number of amides is 2. The van der Waals surface area contributed by atoms with Gasteiger partial charge in [-0.1, -0.05) is 42.3 Å². The summed E-state index contributed by atoms with van der Waals surface area (Å²) in [5.41, 5.74) is 5.19. The van der Waals surface area contributed by atoms with Crippen LogP contribution in [0, 0.1) is 12.3 Å². The molecule has 0 saturated heterocycles. The van der Waals surface area contributed by atoms with E-state index >= 15 is 0 Å². The largest absolute Gasteiger partial charge is 0.444 e. The number of terminal acetylenes is 1. The molecule has 236 valence electrons. The Kier molecular flexibility index (Phi) is 13.1. The maximum atomic E-state index is 13.0. The zero-order chi connectivity index (χ0) is 32.8. The number of hydrogen-bond acceptors (Lipinski definition) is 7. The molecule has 1 heterocycles. The van der Waals surface area contributed by atoms with Gasteiger partial charge in [-0.05, 0) is 63.5 Å². The molecule has 0 atom stereocenters. The highest BCUT2D eigenvalue weighted by molar-refractivity contribution is 7.99. The van der Waals surface area contributed by atoms with Crippen molar-refractivity contribution in [1.82, 2.24) is 15.1 Å². The van der Waals surface area contributed by atoms with E-state index in [2.05, 4.69) is 33.0 Å². The molecule has 1 aliphatic carbocycles. The fourth-order valence-electron chi connectivity index (χ4n) is 4.29. The van der Waals surface area contributed by atoms with Crippen LogP contribution in [0.1, 0.15) is 49.5 Å². The van der Waals surface area contributed by atoms with Crippen LogP contribution < -0.4 is 16.0 Å². The number of allylic oxidation sites excluding steroid dienone is 2. The number of benzene rings is 2. The summed E-state index contributed by atoms with van der Waals surface area (Å²) >= 11 is 1.68. The third-order valence-electron chi connectivity index (χ3n) is 6.43. The Morgan fingerprint density at radius 3 is 2.49 bits per heavy atom. The Labute approximate surface area is 269 Å². The van der Waals surface area contributed by atoms with Gasteiger partial charge in [0.05, 0.1) is 5.69 Å². The van der Waals surface area contributed by atoms with Crippen molar-refractivity contribution < 1.29 is 19.1 Å². The number of alkyl carbamates (subject to hydrolysis) is 1. The molecule has 2 amide bonds. The van der Waals surface area contributed by atoms with E-state index in [0.717, 1.165) is 64.4 Å². The molecule has 1 aliphatic rings. The first kappa shape index (κ1) is 34.7. The second-order valence-corrected chi connectivity index (χ2v) is 12.2. The summed E-state index contributed by atoms with van der Waals surface area (Å²) in [6.07, 6.45) is 11.4. The molecule has 2 aromatic carbocycles. The number of carbonyl (C=O) groups is 3. The van der Waals surface area contributed by atoms with Gasteiger partial charge in [0.1, 0.15) is 17.7 Å². The molecule has 0 radical (unpaired) electrons. The summed E-state index contributed by atoms with van der Waals surface area (Å²) < 4.78 is 7.03. The standard InChI is InChI=1S/C26H35N5O3S.C9H6O/c1-26(2,3)34-25(33)28-14-15-35-17-19-8-6-7-9-21(19)24(32)29-20-12-10-18(11-13-20)22-16-23(27-4)31(5)30-22;1-2-8-4-3-5-9(6-8)7-10/h8-13,16,27H,6-7,14-15,17H2,1-5H3,(H,28,33)(H,29,32);1,3-7H. The molecule has 1 aromatic heterocycles. The Morgan fingerprint density at radius 1 is 1.11 bits per heavy atom. The number of nitrogens with zero attached hydrogens (tertiary/aromatic N) is 2. The van der Waals surface area contributed by atoms with E-state index in [9.17, 15) is 14.4 Å². The van der Waals surface area contributed by atoms with Crippen molar-refractivity contribution in [3.05, 3.63) is 89.0 Å². The molecular weight excluding hydrogens is 586 g/mol. The number of aromatic nitrogens is 2. The van der Waals surface area contributed by atoms with Gasteiger partial charge in [-0.15, -0.1) is 6.42 Å². The highest BCUT2D eigenvalue weighted by Crippen LogP contribution is 2.26. The topological polar surface area (TPSA) is 114 Å². The molecule has 0 fully saturated rings. The van der Waals surface area contributed by atoms with Crippen molar-refractivity contribution in [2.75, 3.05) is 35.7 Å². The van der Waals surface area contributed by atoms with Crippen molar-refractivity contribution >= 4 is 41.6 Å². The molecule has 0 aliphatic heterocycles. The van der Waals surface area contributed by atoms with E-state index in [0.29, 0.717) is 17.9 Å². The zero-order valence-corrected chi connectivity index (χ0v) is 27.3. The van der Waals surface area contributed by atoms with Crippen LogP contribution in [0.2, 0.25) is 0 Å². The van der Waals surface area contributed by atoms with Gasteiger partial charge < -0.3 is 20.7 Å². The first-order valence-corrected chi connectivity index (χ1v) is 15.8. The van der Waals surface area contributed by atoms with Crippen molar-refractivity contribution in [2.24, 2.45) is 7.05 Å². The van der Waals surface area contributed by atoms with Gasteiger partial charge in [-0.25, -0.2) is 4.79 Å². The lowest BCUT2D eigenvalue weighted by atomic mass is 9.98. The van der Waals surface area contributed by atoms with Crippen LogP contribution in [-0.2, 0) is 16.6 Å². The monoisotopic (exact) mass is 627 g/mol. The fraction of sp³-hybridized carbons (Fsp3) is 0.314. The molecule has 4 rings (SSSR count). The van der Waals surface area contributed by atoms with E-state index < -0.39 is 11.7 Å². The van der Waals surface area contributed by atoms with Crippen LogP contribution in [0.5, 0.6) is 0 Å². The Balaban J connectivity index is 0.000000468. The lowest BCUT2D eigenvalue weighted by molar-refractivity contribution is -0.112. The van der Waals surface area contributed by atoms with Crippen LogP contribution in [0.15, 0.2) is 77.9 Å². The molecule has 3 N–H and O–H groups in total. The predicted molar refractivity (Wildman–Crippen MR) is 184 cm³/mol. The Hall–Kier alpha value is -4.75. The van der Waals surface area contributed by atoms with Gasteiger partial charge in [0.2, 0.25) is 0 Å². The van der Waals surface area contributed by atoms with E-state index in [-0.39, 0.29) is 5.91 Å². The molecule has 0 spiro atoms. The van der Waals surface area contributed by atoms with Gasteiger partial charge >= 0.3 is 6.09 Å². The molecule has 0 bridgehead atoms. The number of thioether (sulfide) groups is 1. The minimum atomic E-state index is -0.508. The zero-order valence-electron chi connectivity index (χ0n) is 26.5. The number of nitrogens with one attached hydrogen (secondary N) is 3. The van der Waals surface area contributed by atoms with Crippen molar-refractivity contribution in [1.29, 1.82) is 0 Å². The number of hydrogen-bond donors (Lipinski definition) is 3. The van der Waals surface area contributed by atoms with Gasteiger partial charge in [0.25, 0.3) is 5.91 Å². The average Bonchev–Trinajstić information content (AvgIpc) is 3.41. The molecule has 45 heavy (non-hydrogen) atoms. The normalized spacial score (nSPS) is 12.4. The van der Waals surface area contributed by atoms with Gasteiger partial charge in [0.15, 0.2) is 0 Å². The quantitative estimate of drug-likeness (QED) is 0.134. The Bertz CT molecular complexity index is 1580. The minimum absolute atomic E-state index is 0.105. The summed E-state index contributed by atoms with van der Waals surface area (Å²) in [6, 6.07) is 16.6. The van der Waals surface area contributed by atoms with Crippen LogP contribution >= 0.6 is 11.8 Å². The van der Waals surface area contributed by atoms with Crippen molar-refractivity contribution in [2.45, 2.75) is 39.2 Å². The van der Waals surface area contributed by atoms with Gasteiger partial charge in [-0.3, -0.25) is 14.3 Å². The summed E-state index contributed by atoms with van der Waals surface area (Å²) in [5.74, 6) is 4.71. The highest BCUT2D eigenvalue weighted by atomic mass is 32.2. The summed E-state index contributed by atoms with van der Waals surface area (Å²) in [7, 11) is 3.75. The van der Waals surface area contributed by atoms with E-state index in [1.54, 1.807) is 40.7 Å². The summed E-state index contributed by atoms with van der Waals surface area (Å²) in [6.45, 7) is 6.02. The number of carbonyl (C=O) groups excluding carboxylic acids is 3. The number of ether oxygens (including phenoxy) is 1. The number of rotatable bonds is 10. The fourth-order valence-corrected chi connectivity index (χ4v) is 5.17.